The van der Waals surface area contributed by atoms with Crippen LogP contribution in [0, 0.1) is 0 Å². The molecule has 0 radical (unpaired) electrons. The van der Waals surface area contributed by atoms with Gasteiger partial charge in [-0.2, -0.15) is 26.3 Å². The van der Waals surface area contributed by atoms with Crippen LogP contribution in [0.15, 0.2) is 71.6 Å². The SMILES string of the molecule is CC(C)Oc1cc2nc(-c3cccc(C(F)(F)F)c3)c(CN3CCC(N4CCCCC4)CC3)c(C(=O)N[C@H](c3ccccc3)C(F)(F)F)c2cc1S(C)(=O)=O. The molecule has 0 saturated carbocycles. The number of hydrogen-bond donors (Lipinski definition) is 1. The Morgan fingerprint density at radius 1 is 0.909 bits per heavy atom. The zero-order chi connectivity index (χ0) is 39.7. The van der Waals surface area contributed by atoms with Crippen molar-refractivity contribution in [3.8, 4) is 17.0 Å². The van der Waals surface area contributed by atoms with E-state index in [1.54, 1.807) is 13.8 Å². The van der Waals surface area contributed by atoms with Gasteiger partial charge in [0, 0.05) is 41.4 Å². The van der Waals surface area contributed by atoms with E-state index in [1.165, 1.54) is 55.0 Å². The predicted molar refractivity (Wildman–Crippen MR) is 197 cm³/mol. The summed E-state index contributed by atoms with van der Waals surface area (Å²) in [5.74, 6) is -1.31. The maximum Gasteiger partial charge on any atom is 0.416 e. The molecule has 1 atom stereocenters. The molecule has 296 valence electrons. The lowest BCUT2D eigenvalue weighted by Crippen LogP contribution is -2.46. The minimum atomic E-state index is -4.95. The molecule has 0 aliphatic carbocycles. The number of pyridine rings is 1. The van der Waals surface area contributed by atoms with Gasteiger partial charge in [0.1, 0.15) is 10.6 Å². The van der Waals surface area contributed by atoms with Crippen LogP contribution in [0.25, 0.3) is 22.2 Å². The first-order valence-corrected chi connectivity index (χ1v) is 20.2. The molecule has 2 aliphatic heterocycles. The smallest absolute Gasteiger partial charge is 0.416 e. The molecule has 0 spiro atoms. The highest BCUT2D eigenvalue weighted by molar-refractivity contribution is 7.90. The van der Waals surface area contributed by atoms with Gasteiger partial charge in [-0.1, -0.05) is 48.9 Å². The number of nitrogens with one attached hydrogen (secondary N) is 1. The Labute approximate surface area is 316 Å². The maximum absolute atomic E-state index is 14.7. The fourth-order valence-corrected chi connectivity index (χ4v) is 8.40. The van der Waals surface area contributed by atoms with E-state index in [4.69, 9.17) is 9.72 Å². The third kappa shape index (κ3) is 9.43. The minimum Gasteiger partial charge on any atom is -0.490 e. The Hall–Kier alpha value is -4.21. The van der Waals surface area contributed by atoms with Gasteiger partial charge in [-0.15, -0.1) is 0 Å². The molecule has 4 aromatic rings. The molecule has 2 fully saturated rings. The molecule has 1 amide bonds. The molecule has 6 rings (SSSR count). The number of halogens is 6. The average Bonchev–Trinajstić information content (AvgIpc) is 3.13. The van der Waals surface area contributed by atoms with E-state index in [9.17, 15) is 39.6 Å². The number of piperidine rings is 2. The average molecular weight is 791 g/mol. The van der Waals surface area contributed by atoms with Crippen LogP contribution in [0.5, 0.6) is 5.75 Å². The highest BCUT2D eigenvalue weighted by Crippen LogP contribution is 2.40. The molecule has 1 N–H and O–H groups in total. The van der Waals surface area contributed by atoms with Crippen molar-refractivity contribution in [3.05, 3.63) is 89.0 Å². The van der Waals surface area contributed by atoms with Gasteiger partial charge in [-0.3, -0.25) is 9.69 Å². The fraction of sp³-hybridized carbons (Fsp3) is 0.450. The molecule has 2 saturated heterocycles. The summed E-state index contributed by atoms with van der Waals surface area (Å²) in [5.41, 5.74) is -1.58. The number of carbonyl (C=O) groups excluding carboxylic acids is 1. The van der Waals surface area contributed by atoms with Crippen molar-refractivity contribution in [2.75, 3.05) is 32.4 Å². The molecule has 55 heavy (non-hydrogen) atoms. The molecule has 0 unspecified atom stereocenters. The van der Waals surface area contributed by atoms with Gasteiger partial charge < -0.3 is 15.0 Å². The molecule has 3 heterocycles. The van der Waals surface area contributed by atoms with E-state index in [-0.39, 0.29) is 56.0 Å². The van der Waals surface area contributed by atoms with Gasteiger partial charge in [-0.25, -0.2) is 13.4 Å². The van der Waals surface area contributed by atoms with E-state index in [1.807, 2.05) is 4.90 Å². The largest absolute Gasteiger partial charge is 0.490 e. The molecule has 15 heteroatoms. The molecule has 0 bridgehead atoms. The number of carbonyl (C=O) groups is 1. The first kappa shape index (κ1) is 40.5. The molecule has 1 aromatic heterocycles. The Balaban J connectivity index is 1.58. The Morgan fingerprint density at radius 2 is 1.58 bits per heavy atom. The zero-order valence-corrected chi connectivity index (χ0v) is 31.6. The fourth-order valence-electron chi connectivity index (χ4n) is 7.59. The summed E-state index contributed by atoms with van der Waals surface area (Å²) >= 11 is 0. The first-order chi connectivity index (χ1) is 25.9. The van der Waals surface area contributed by atoms with Gasteiger partial charge in [-0.05, 0) is 89.5 Å². The Bertz CT molecular complexity index is 2110. The summed E-state index contributed by atoms with van der Waals surface area (Å²) in [6.07, 6.45) is -4.30. The van der Waals surface area contributed by atoms with Crippen molar-refractivity contribution < 1.29 is 44.3 Å². The van der Waals surface area contributed by atoms with E-state index in [0.29, 0.717) is 19.1 Å². The summed E-state index contributed by atoms with van der Waals surface area (Å²) in [5, 5.41) is 2.07. The maximum atomic E-state index is 14.7. The van der Waals surface area contributed by atoms with Gasteiger partial charge in [0.2, 0.25) is 0 Å². The van der Waals surface area contributed by atoms with Crippen LogP contribution in [0.1, 0.15) is 79.0 Å². The molecular formula is C40H44F6N4O4S. The minimum absolute atomic E-state index is 0.0158. The number of hydrogen-bond acceptors (Lipinski definition) is 7. The van der Waals surface area contributed by atoms with Crippen molar-refractivity contribution in [2.24, 2.45) is 0 Å². The van der Waals surface area contributed by atoms with E-state index < -0.39 is 45.8 Å². The Morgan fingerprint density at radius 3 is 2.18 bits per heavy atom. The van der Waals surface area contributed by atoms with Crippen LogP contribution in [-0.4, -0.2) is 79.9 Å². The summed E-state index contributed by atoms with van der Waals surface area (Å²) in [7, 11) is -4.05. The number of alkyl halides is 6. The van der Waals surface area contributed by atoms with Crippen molar-refractivity contribution in [1.82, 2.24) is 20.1 Å². The van der Waals surface area contributed by atoms with Crippen LogP contribution in [0.3, 0.4) is 0 Å². The van der Waals surface area contributed by atoms with Crippen molar-refractivity contribution in [1.29, 1.82) is 0 Å². The second kappa shape index (κ2) is 16.1. The third-order valence-electron chi connectivity index (χ3n) is 10.2. The van der Waals surface area contributed by atoms with Gasteiger partial charge in [0.15, 0.2) is 15.9 Å². The zero-order valence-electron chi connectivity index (χ0n) is 30.8. The third-order valence-corrected chi connectivity index (χ3v) is 11.3. The van der Waals surface area contributed by atoms with Gasteiger partial charge in [0.25, 0.3) is 5.91 Å². The molecule has 8 nitrogen and oxygen atoms in total. The van der Waals surface area contributed by atoms with E-state index in [0.717, 1.165) is 63.2 Å². The Kier molecular flexibility index (Phi) is 11.8. The van der Waals surface area contributed by atoms with Crippen LogP contribution < -0.4 is 10.1 Å². The number of likely N-dealkylation sites (tertiary alicyclic amines) is 2. The van der Waals surface area contributed by atoms with Gasteiger partial charge in [0.05, 0.1) is 28.4 Å². The van der Waals surface area contributed by atoms with E-state index in [2.05, 4.69) is 10.2 Å². The second-order valence-electron chi connectivity index (χ2n) is 14.6. The lowest BCUT2D eigenvalue weighted by molar-refractivity contribution is -0.155. The number of ether oxygens (including phenoxy) is 1. The number of rotatable bonds is 10. The highest BCUT2D eigenvalue weighted by Gasteiger charge is 2.43. The number of nitrogens with zero attached hydrogens (tertiary/aromatic N) is 3. The van der Waals surface area contributed by atoms with Crippen molar-refractivity contribution in [2.45, 2.75) is 87.9 Å². The number of fused-ring (bicyclic) bond motifs is 1. The molecule has 3 aromatic carbocycles. The number of amides is 1. The number of aromatic nitrogens is 1. The molecular weight excluding hydrogens is 747 g/mol. The van der Waals surface area contributed by atoms with Crippen molar-refractivity contribution >= 4 is 26.6 Å². The normalized spacial score (nSPS) is 17.4. The lowest BCUT2D eigenvalue weighted by atomic mass is 9.93. The topological polar surface area (TPSA) is 91.8 Å². The predicted octanol–water partition coefficient (Wildman–Crippen LogP) is 8.60. The van der Waals surface area contributed by atoms with Crippen LogP contribution in [-0.2, 0) is 22.6 Å². The van der Waals surface area contributed by atoms with Crippen LogP contribution in [0.4, 0.5) is 26.3 Å². The summed E-state index contributed by atoms with van der Waals surface area (Å²) in [6.45, 7) is 6.36. The quantitative estimate of drug-likeness (QED) is 0.161. The summed E-state index contributed by atoms with van der Waals surface area (Å²) in [4.78, 5) is 23.5. The number of sulfone groups is 1. The summed E-state index contributed by atoms with van der Waals surface area (Å²) in [6, 6.07) is 11.5. The van der Waals surface area contributed by atoms with E-state index >= 15 is 0 Å². The highest BCUT2D eigenvalue weighted by atomic mass is 32.2. The standard InChI is InChI=1S/C40H44F6N4O4S/c1-25(2)54-33-23-32-30(22-34(33)55(3,52)53)35(38(51)48-37(40(44,45)46)26-11-6-4-7-12-26)31(36(47-32)27-13-10-14-28(21-27)39(41,42)43)24-49-19-15-29(16-20-49)50-17-8-5-9-18-50/h4,6-7,10-14,21-23,25,29,37H,5,8-9,15-20,24H2,1-3H3,(H,48,51)/t37-/m1/s1. The number of benzene rings is 3. The second-order valence-corrected chi connectivity index (χ2v) is 16.6. The first-order valence-electron chi connectivity index (χ1n) is 18.3. The van der Waals surface area contributed by atoms with Crippen LogP contribution in [0.2, 0.25) is 0 Å². The monoisotopic (exact) mass is 790 g/mol. The van der Waals surface area contributed by atoms with Gasteiger partial charge >= 0.3 is 12.4 Å². The van der Waals surface area contributed by atoms with Crippen LogP contribution >= 0.6 is 0 Å². The summed E-state index contributed by atoms with van der Waals surface area (Å²) < 4.78 is 119. The molecule has 2 aliphatic rings. The van der Waals surface area contributed by atoms with Crippen molar-refractivity contribution in [3.63, 3.8) is 0 Å². The lowest BCUT2D eigenvalue weighted by Gasteiger charge is -2.40.